The molecule has 2 unspecified atom stereocenters. The number of alkyl halides is 1. The maximum atomic E-state index is 14.6. The van der Waals surface area contributed by atoms with Gasteiger partial charge >= 0.3 is 22.4 Å². The lowest BCUT2D eigenvalue weighted by Crippen LogP contribution is -2.31. The molecule has 1 fully saturated rings. The van der Waals surface area contributed by atoms with Crippen LogP contribution in [-0.2, 0) is 38.8 Å². The van der Waals surface area contributed by atoms with E-state index >= 15 is 0 Å². The summed E-state index contributed by atoms with van der Waals surface area (Å²) in [4.78, 5) is 47.7. The zero-order valence-electron chi connectivity index (χ0n) is 14.9. The summed E-state index contributed by atoms with van der Waals surface area (Å²) in [5.74, 6) is 0.0293. The molecule has 6 atom stereocenters. The molecule has 0 aromatic carbocycles. The van der Waals surface area contributed by atoms with Crippen LogP contribution in [0.3, 0.4) is 0 Å². The average Bonchev–Trinajstić information content (AvgIpc) is 3.13. The minimum atomic E-state index is -5.52. The van der Waals surface area contributed by atoms with Gasteiger partial charge in [0, 0.05) is 0 Å². The molecule has 0 spiro atoms. The first kappa shape index (κ1) is 24.7. The van der Waals surface area contributed by atoms with Crippen LogP contribution in [-0.4, -0.2) is 69.2 Å². The second-order valence-electron chi connectivity index (χ2n) is 5.97. The number of halogens is 1. The van der Waals surface area contributed by atoms with E-state index in [9.17, 15) is 28.4 Å². The highest BCUT2D eigenvalue weighted by atomic mass is 32.5. The van der Waals surface area contributed by atoms with Crippen molar-refractivity contribution in [3.8, 4) is 0 Å². The van der Waals surface area contributed by atoms with Crippen LogP contribution in [0.4, 0.5) is 10.2 Å². The van der Waals surface area contributed by atoms with Crippen molar-refractivity contribution in [2.45, 2.75) is 24.6 Å². The van der Waals surface area contributed by atoms with Gasteiger partial charge < -0.3 is 39.7 Å². The Labute approximate surface area is 176 Å². The molecule has 31 heavy (non-hydrogen) atoms. The van der Waals surface area contributed by atoms with Crippen molar-refractivity contribution in [2.24, 2.45) is 0 Å². The normalized spacial score (nSPS) is 28.5. The summed E-state index contributed by atoms with van der Waals surface area (Å²) >= 11 is 4.45. The van der Waals surface area contributed by atoms with E-state index < -0.39 is 53.6 Å². The molecule has 1 saturated heterocycles. The Morgan fingerprint density at radius 2 is 1.90 bits per heavy atom. The Kier molecular flexibility index (Phi) is 6.97. The fourth-order valence-corrected chi connectivity index (χ4v) is 6.56. The Hall–Kier alpha value is -0.970. The minimum absolute atomic E-state index is 0.0293. The van der Waals surface area contributed by atoms with E-state index in [4.69, 9.17) is 24.8 Å². The number of hydrogen-bond acceptors (Lipinski definition) is 12. The standard InChI is InChI=1S/C10H15FN5O11P3S/c11-5-7(17)4(1-24-30(23,31)27-29(21,22)26-28(18,19)20)25-10(5)16-3-15-6-8(12)13-2-14-9(6)16/h2-5,7,10,17H,1H2,(H,21,22)(H,23,31)(H2,12,13,14)(H2,18,19,20)/t4-,5-,7-,10-,30?/m1/s1. The number of phosphoric acid groups is 2. The number of anilines is 1. The van der Waals surface area contributed by atoms with E-state index in [2.05, 4.69) is 35.4 Å². The topological polar surface area (TPSA) is 242 Å². The second kappa shape index (κ2) is 8.76. The number of aliphatic hydroxyl groups excluding tert-OH is 1. The van der Waals surface area contributed by atoms with Gasteiger partial charge in [0.15, 0.2) is 23.9 Å². The summed E-state index contributed by atoms with van der Waals surface area (Å²) in [5.41, 5.74) is 5.93. The zero-order chi connectivity index (χ0) is 23.2. The average molecular weight is 525 g/mol. The van der Waals surface area contributed by atoms with Gasteiger partial charge in [0.05, 0.1) is 12.9 Å². The molecular weight excluding hydrogens is 510 g/mol. The van der Waals surface area contributed by atoms with Gasteiger partial charge in [0.25, 0.3) is 0 Å². The number of nitrogens with zero attached hydrogens (tertiary/aromatic N) is 4. The predicted molar refractivity (Wildman–Crippen MR) is 101 cm³/mol. The number of aromatic nitrogens is 4. The van der Waals surface area contributed by atoms with Crippen molar-refractivity contribution in [2.75, 3.05) is 12.3 Å². The molecule has 1 aliphatic rings. The molecule has 174 valence electrons. The Balaban J connectivity index is 1.69. The number of aliphatic hydroxyl groups is 1. The Bertz CT molecular complexity index is 1110. The minimum Gasteiger partial charge on any atom is -0.387 e. The molecule has 3 heterocycles. The van der Waals surface area contributed by atoms with Gasteiger partial charge in [-0.2, -0.15) is 4.31 Å². The summed E-state index contributed by atoms with van der Waals surface area (Å²) in [5, 5.41) is 10.1. The van der Waals surface area contributed by atoms with E-state index in [1.807, 2.05) is 0 Å². The molecule has 0 amide bonds. The fraction of sp³-hybridized carbons (Fsp3) is 0.500. The molecule has 2 aromatic heterocycles. The van der Waals surface area contributed by atoms with E-state index in [0.717, 1.165) is 17.2 Å². The first-order chi connectivity index (χ1) is 14.2. The molecule has 0 bridgehead atoms. The van der Waals surface area contributed by atoms with Crippen LogP contribution in [0.25, 0.3) is 11.2 Å². The molecule has 21 heteroatoms. The number of ether oxygens (including phenoxy) is 1. The van der Waals surface area contributed by atoms with Crippen LogP contribution < -0.4 is 5.73 Å². The van der Waals surface area contributed by atoms with Crippen LogP contribution in [0, 0.1) is 0 Å². The molecule has 2 aromatic rings. The van der Waals surface area contributed by atoms with Gasteiger partial charge in [-0.05, 0) is 11.8 Å². The smallest absolute Gasteiger partial charge is 0.387 e. The van der Waals surface area contributed by atoms with Crippen LogP contribution in [0.2, 0.25) is 0 Å². The molecule has 16 nitrogen and oxygen atoms in total. The number of nitrogen functional groups attached to an aromatic ring is 1. The fourth-order valence-electron chi connectivity index (χ4n) is 2.59. The van der Waals surface area contributed by atoms with E-state index in [1.165, 1.54) is 0 Å². The van der Waals surface area contributed by atoms with Gasteiger partial charge in [0.2, 0.25) is 0 Å². The summed E-state index contributed by atoms with van der Waals surface area (Å²) in [6.45, 7) is -5.47. The molecular formula is C10H15FN5O11P3S. The number of imidazole rings is 1. The Morgan fingerprint density at radius 1 is 1.23 bits per heavy atom. The lowest BCUT2D eigenvalue weighted by molar-refractivity contribution is -0.0428. The number of hydrogen-bond donors (Lipinski definition) is 6. The van der Waals surface area contributed by atoms with Crippen LogP contribution in [0.1, 0.15) is 6.23 Å². The van der Waals surface area contributed by atoms with Crippen LogP contribution in [0.5, 0.6) is 0 Å². The monoisotopic (exact) mass is 525 g/mol. The molecule has 0 aliphatic carbocycles. The Morgan fingerprint density at radius 3 is 2.55 bits per heavy atom. The van der Waals surface area contributed by atoms with Gasteiger partial charge in [-0.15, -0.1) is 0 Å². The van der Waals surface area contributed by atoms with E-state index in [0.29, 0.717) is 0 Å². The highest BCUT2D eigenvalue weighted by Crippen LogP contribution is 2.66. The predicted octanol–water partition coefficient (Wildman–Crippen LogP) is -0.535. The summed E-state index contributed by atoms with van der Waals surface area (Å²) in [6.07, 6.45) is -4.45. The van der Waals surface area contributed by atoms with E-state index in [1.54, 1.807) is 0 Å². The SMILES string of the molecule is Nc1ncnc2c1ncn2[C@@H]1O[C@H](COP(O)(=S)OP(=O)(O)OP(=O)(O)O)[C@@H](O)[C@H]1F. The molecule has 3 rings (SSSR count). The van der Waals surface area contributed by atoms with Gasteiger partial charge in [-0.1, -0.05) is 0 Å². The summed E-state index contributed by atoms with van der Waals surface area (Å²) in [7, 11) is -11.0. The number of fused-ring (bicyclic) bond motifs is 1. The maximum absolute atomic E-state index is 14.6. The van der Waals surface area contributed by atoms with Gasteiger partial charge in [-0.25, -0.2) is 32.8 Å². The highest BCUT2D eigenvalue weighted by Gasteiger charge is 2.47. The zero-order valence-corrected chi connectivity index (χ0v) is 18.4. The van der Waals surface area contributed by atoms with Crippen molar-refractivity contribution in [1.82, 2.24) is 19.5 Å². The van der Waals surface area contributed by atoms with E-state index in [-0.39, 0.29) is 17.0 Å². The molecule has 0 saturated carbocycles. The number of rotatable bonds is 8. The summed E-state index contributed by atoms with van der Waals surface area (Å²) in [6, 6.07) is 0. The van der Waals surface area contributed by atoms with Gasteiger partial charge in [0.1, 0.15) is 24.1 Å². The quantitative estimate of drug-likeness (QED) is 0.237. The molecule has 7 N–H and O–H groups in total. The van der Waals surface area contributed by atoms with Crippen molar-refractivity contribution >= 4 is 51.2 Å². The van der Waals surface area contributed by atoms with Crippen molar-refractivity contribution in [1.29, 1.82) is 0 Å². The number of nitrogens with two attached hydrogens (primary N) is 1. The van der Waals surface area contributed by atoms with Crippen LogP contribution >= 0.6 is 22.4 Å². The van der Waals surface area contributed by atoms with Gasteiger partial charge in [-0.3, -0.25) is 4.57 Å². The van der Waals surface area contributed by atoms with Crippen molar-refractivity contribution < 1.29 is 56.1 Å². The highest BCUT2D eigenvalue weighted by molar-refractivity contribution is 8.08. The maximum Gasteiger partial charge on any atom is 0.488 e. The summed E-state index contributed by atoms with van der Waals surface area (Å²) < 4.78 is 55.6. The lowest BCUT2D eigenvalue weighted by Gasteiger charge is -2.21. The second-order valence-corrected chi connectivity index (χ2v) is 11.8. The largest absolute Gasteiger partial charge is 0.488 e. The molecule has 0 radical (unpaired) electrons. The van der Waals surface area contributed by atoms with Crippen molar-refractivity contribution in [3.05, 3.63) is 12.7 Å². The first-order valence-corrected chi connectivity index (χ1v) is 13.5. The lowest BCUT2D eigenvalue weighted by atomic mass is 10.1. The van der Waals surface area contributed by atoms with Crippen LogP contribution in [0.15, 0.2) is 12.7 Å². The third-order valence-electron chi connectivity index (χ3n) is 3.77. The third-order valence-corrected chi connectivity index (χ3v) is 8.49. The first-order valence-electron chi connectivity index (χ1n) is 7.88. The van der Waals surface area contributed by atoms with Crippen molar-refractivity contribution in [3.63, 3.8) is 0 Å². The molecule has 1 aliphatic heterocycles. The third kappa shape index (κ3) is 5.89.